The predicted molar refractivity (Wildman–Crippen MR) is 66.3 cm³/mol. The Morgan fingerprint density at radius 2 is 2.00 bits per heavy atom. The van der Waals surface area contributed by atoms with E-state index in [1.165, 1.54) is 0 Å². The van der Waals surface area contributed by atoms with E-state index in [4.69, 9.17) is 0 Å². The van der Waals surface area contributed by atoms with Gasteiger partial charge in [-0.15, -0.1) is 0 Å². The molecule has 88 valence electrons. The summed E-state index contributed by atoms with van der Waals surface area (Å²) in [6.07, 6.45) is 4.22. The van der Waals surface area contributed by atoms with Crippen molar-refractivity contribution < 1.29 is 4.79 Å². The Kier molecular flexibility index (Phi) is 4.93. The second-order valence-corrected chi connectivity index (χ2v) is 5.01. The molecule has 0 aromatic carbocycles. The Labute approximate surface area is 97.8 Å². The van der Waals surface area contributed by atoms with Crippen LogP contribution in [0.15, 0.2) is 0 Å². The zero-order valence-corrected chi connectivity index (χ0v) is 10.6. The van der Waals surface area contributed by atoms with E-state index in [1.807, 2.05) is 0 Å². The van der Waals surface area contributed by atoms with E-state index in [1.54, 1.807) is 0 Å². The van der Waals surface area contributed by atoms with E-state index < -0.39 is 0 Å². The number of carbonyl (C=O) groups excluding carboxylic acids is 1. The van der Waals surface area contributed by atoms with Gasteiger partial charge in [0, 0.05) is 18.3 Å². The van der Waals surface area contributed by atoms with Gasteiger partial charge in [-0.25, -0.2) is 0 Å². The summed E-state index contributed by atoms with van der Waals surface area (Å²) in [6, 6.07) is 0.352. The first-order valence-corrected chi connectivity index (χ1v) is 6.41. The van der Waals surface area contributed by atoms with Crippen molar-refractivity contribution in [3.63, 3.8) is 0 Å². The summed E-state index contributed by atoms with van der Waals surface area (Å²) in [4.78, 5) is 12.1. The van der Waals surface area contributed by atoms with Gasteiger partial charge in [-0.2, -0.15) is 12.6 Å². The molecule has 1 amide bonds. The van der Waals surface area contributed by atoms with Crippen molar-refractivity contribution in [2.45, 2.75) is 51.1 Å². The molecule has 4 heteroatoms. The highest BCUT2D eigenvalue weighted by molar-refractivity contribution is 7.80. The number of hydrogen-bond donors (Lipinski definition) is 3. The normalized spacial score (nSPS) is 19.5. The quantitative estimate of drug-likeness (QED) is 0.624. The van der Waals surface area contributed by atoms with E-state index in [2.05, 4.69) is 37.1 Å². The summed E-state index contributed by atoms with van der Waals surface area (Å²) in [6.45, 7) is 4.83. The molecule has 0 aliphatic heterocycles. The van der Waals surface area contributed by atoms with Crippen LogP contribution in [0.1, 0.15) is 39.5 Å². The Morgan fingerprint density at radius 3 is 2.47 bits per heavy atom. The molecule has 0 bridgehead atoms. The van der Waals surface area contributed by atoms with Gasteiger partial charge in [0.2, 0.25) is 5.91 Å². The molecular formula is C11H22N2OS. The maximum Gasteiger partial charge on any atom is 0.240 e. The summed E-state index contributed by atoms with van der Waals surface area (Å²) >= 11 is 4.10. The van der Waals surface area contributed by atoms with Crippen molar-refractivity contribution >= 4 is 18.5 Å². The first kappa shape index (κ1) is 12.8. The highest BCUT2D eigenvalue weighted by Gasteiger charge is 2.40. The third kappa shape index (κ3) is 3.38. The molecular weight excluding hydrogens is 208 g/mol. The molecule has 0 spiro atoms. The van der Waals surface area contributed by atoms with Gasteiger partial charge in [-0.1, -0.05) is 12.8 Å². The summed E-state index contributed by atoms with van der Waals surface area (Å²) in [5, 5.41) is 6.37. The van der Waals surface area contributed by atoms with Gasteiger partial charge in [0.25, 0.3) is 0 Å². The summed E-state index contributed by atoms with van der Waals surface area (Å²) < 4.78 is 0. The third-order valence-corrected chi connectivity index (χ3v) is 3.08. The van der Waals surface area contributed by atoms with Crippen molar-refractivity contribution in [1.82, 2.24) is 10.6 Å². The van der Waals surface area contributed by atoms with Crippen LogP contribution < -0.4 is 10.6 Å². The highest BCUT2D eigenvalue weighted by atomic mass is 32.1. The first-order chi connectivity index (χ1) is 7.10. The molecule has 3 nitrogen and oxygen atoms in total. The topological polar surface area (TPSA) is 41.1 Å². The minimum atomic E-state index is -0.308. The van der Waals surface area contributed by atoms with Crippen LogP contribution in [-0.4, -0.2) is 29.8 Å². The second kappa shape index (κ2) is 5.75. The van der Waals surface area contributed by atoms with E-state index in [0.717, 1.165) is 25.7 Å². The Bertz CT molecular complexity index is 213. The molecule has 0 saturated heterocycles. The van der Waals surface area contributed by atoms with Crippen LogP contribution in [0.4, 0.5) is 0 Å². The molecule has 1 rings (SSSR count). The zero-order valence-electron chi connectivity index (χ0n) is 9.68. The van der Waals surface area contributed by atoms with Crippen LogP contribution in [0, 0.1) is 0 Å². The van der Waals surface area contributed by atoms with Crippen molar-refractivity contribution in [3.05, 3.63) is 0 Å². The van der Waals surface area contributed by atoms with E-state index >= 15 is 0 Å². The second-order valence-electron chi connectivity index (χ2n) is 4.57. The largest absolute Gasteiger partial charge is 0.354 e. The Balaban J connectivity index is 2.59. The van der Waals surface area contributed by atoms with Crippen molar-refractivity contribution in [1.29, 1.82) is 0 Å². The van der Waals surface area contributed by atoms with Crippen LogP contribution in [0.25, 0.3) is 0 Å². The van der Waals surface area contributed by atoms with Crippen LogP contribution in [-0.2, 0) is 4.79 Å². The van der Waals surface area contributed by atoms with E-state index in [9.17, 15) is 4.79 Å². The molecule has 15 heavy (non-hydrogen) atoms. The zero-order chi connectivity index (χ0) is 11.3. The fourth-order valence-corrected chi connectivity index (χ4v) is 2.42. The molecule has 0 atom stereocenters. The minimum absolute atomic E-state index is 0.155. The third-order valence-electron chi connectivity index (χ3n) is 2.85. The fraction of sp³-hybridized carbons (Fsp3) is 0.909. The minimum Gasteiger partial charge on any atom is -0.354 e. The van der Waals surface area contributed by atoms with Gasteiger partial charge < -0.3 is 10.6 Å². The summed E-state index contributed by atoms with van der Waals surface area (Å²) in [7, 11) is 0. The Hall–Kier alpha value is -0.220. The lowest BCUT2D eigenvalue weighted by molar-refractivity contribution is -0.127. The smallest absolute Gasteiger partial charge is 0.240 e. The van der Waals surface area contributed by atoms with Crippen LogP contribution in [0.3, 0.4) is 0 Å². The number of carbonyl (C=O) groups is 1. The first-order valence-electron chi connectivity index (χ1n) is 5.77. The van der Waals surface area contributed by atoms with Crippen molar-refractivity contribution in [2.75, 3.05) is 12.3 Å². The highest BCUT2D eigenvalue weighted by Crippen LogP contribution is 2.30. The van der Waals surface area contributed by atoms with Gasteiger partial charge in [0.1, 0.15) is 0 Å². The lowest BCUT2D eigenvalue weighted by Gasteiger charge is -2.31. The van der Waals surface area contributed by atoms with Crippen molar-refractivity contribution in [2.24, 2.45) is 0 Å². The maximum absolute atomic E-state index is 12.1. The lowest BCUT2D eigenvalue weighted by Crippen LogP contribution is -2.57. The maximum atomic E-state index is 12.1. The Morgan fingerprint density at radius 1 is 1.40 bits per heavy atom. The number of hydrogen-bond acceptors (Lipinski definition) is 3. The van der Waals surface area contributed by atoms with Crippen LogP contribution >= 0.6 is 12.6 Å². The summed E-state index contributed by atoms with van der Waals surface area (Å²) in [5.41, 5.74) is -0.308. The summed E-state index contributed by atoms with van der Waals surface area (Å²) in [5.74, 6) is 0.853. The molecule has 0 aromatic rings. The van der Waals surface area contributed by atoms with Gasteiger partial charge in [-0.3, -0.25) is 4.79 Å². The van der Waals surface area contributed by atoms with E-state index in [0.29, 0.717) is 18.3 Å². The van der Waals surface area contributed by atoms with Crippen LogP contribution in [0.2, 0.25) is 0 Å². The van der Waals surface area contributed by atoms with Gasteiger partial charge in [0.15, 0.2) is 0 Å². The fourth-order valence-electron chi connectivity index (χ4n) is 2.31. The molecule has 0 heterocycles. The van der Waals surface area contributed by atoms with Gasteiger partial charge in [0.05, 0.1) is 5.54 Å². The number of rotatable bonds is 5. The van der Waals surface area contributed by atoms with Gasteiger partial charge >= 0.3 is 0 Å². The number of thiol groups is 1. The molecule has 1 fully saturated rings. The molecule has 0 radical (unpaired) electrons. The molecule has 1 aliphatic rings. The molecule has 1 saturated carbocycles. The SMILES string of the molecule is CC(C)NC1(C(=O)NCCS)CCCC1. The lowest BCUT2D eigenvalue weighted by atomic mass is 9.95. The van der Waals surface area contributed by atoms with Gasteiger partial charge in [-0.05, 0) is 26.7 Å². The monoisotopic (exact) mass is 230 g/mol. The van der Waals surface area contributed by atoms with Crippen molar-refractivity contribution in [3.8, 4) is 0 Å². The number of nitrogens with one attached hydrogen (secondary N) is 2. The predicted octanol–water partition coefficient (Wildman–Crippen LogP) is 1.34. The van der Waals surface area contributed by atoms with Crippen LogP contribution in [0.5, 0.6) is 0 Å². The molecule has 0 aromatic heterocycles. The van der Waals surface area contributed by atoms with E-state index in [-0.39, 0.29) is 11.4 Å². The molecule has 0 unspecified atom stereocenters. The number of amides is 1. The molecule has 1 aliphatic carbocycles. The average molecular weight is 230 g/mol. The standard InChI is InChI=1S/C11H22N2OS/c1-9(2)13-11(5-3-4-6-11)10(14)12-7-8-15/h9,13,15H,3-8H2,1-2H3,(H,12,14). The average Bonchev–Trinajstić information content (AvgIpc) is 2.62. The molecule has 2 N–H and O–H groups in total.